The third-order valence-corrected chi connectivity index (χ3v) is 4.86. The van der Waals surface area contributed by atoms with Gasteiger partial charge in [-0.2, -0.15) is 0 Å². The molecule has 0 unspecified atom stereocenters. The van der Waals surface area contributed by atoms with E-state index in [9.17, 15) is 9.59 Å². The molecule has 0 saturated carbocycles. The maximum absolute atomic E-state index is 12.5. The summed E-state index contributed by atoms with van der Waals surface area (Å²) in [6, 6.07) is 22.8. The van der Waals surface area contributed by atoms with Crippen LogP contribution in [0.1, 0.15) is 22.3 Å². The number of ether oxygens (including phenoxy) is 2. The van der Waals surface area contributed by atoms with Crippen LogP contribution in [0.5, 0.6) is 11.5 Å². The molecular weight excluding hydrogens is 376 g/mol. The van der Waals surface area contributed by atoms with Gasteiger partial charge in [0.1, 0.15) is 23.1 Å². The first-order valence-electron chi connectivity index (χ1n) is 9.93. The first-order chi connectivity index (χ1) is 14.6. The minimum absolute atomic E-state index is 0.128. The summed E-state index contributed by atoms with van der Waals surface area (Å²) in [4.78, 5) is 25.0. The van der Waals surface area contributed by atoms with E-state index in [-0.39, 0.29) is 11.6 Å². The molecule has 0 aliphatic rings. The molecule has 0 bridgehead atoms. The van der Waals surface area contributed by atoms with Gasteiger partial charge in [0.05, 0.1) is 14.2 Å². The van der Waals surface area contributed by atoms with Gasteiger partial charge >= 0.3 is 0 Å². The predicted octanol–water partition coefficient (Wildman–Crippen LogP) is 4.41. The van der Waals surface area contributed by atoms with Crippen molar-refractivity contribution in [2.45, 2.75) is 25.7 Å². The molecule has 4 heteroatoms. The largest absolute Gasteiger partial charge is 0.497 e. The summed E-state index contributed by atoms with van der Waals surface area (Å²) in [5, 5.41) is 0. The molecule has 0 aliphatic carbocycles. The SMILES string of the molecule is COc1cccc(CC(=O)Cc2cccc(CC(=O)Cc3cccc(OC)c3)c2)c1. The van der Waals surface area contributed by atoms with Crippen LogP contribution in [0, 0.1) is 0 Å². The lowest BCUT2D eigenvalue weighted by Gasteiger charge is -2.07. The first-order valence-corrected chi connectivity index (χ1v) is 9.93. The number of benzene rings is 3. The number of carbonyl (C=O) groups is 2. The number of carbonyl (C=O) groups excluding carboxylic acids is 2. The van der Waals surface area contributed by atoms with Gasteiger partial charge in [0.2, 0.25) is 0 Å². The highest BCUT2D eigenvalue weighted by Gasteiger charge is 2.10. The predicted molar refractivity (Wildman–Crippen MR) is 117 cm³/mol. The Hall–Kier alpha value is -3.40. The highest BCUT2D eigenvalue weighted by molar-refractivity contribution is 5.84. The number of Topliss-reactive ketones (excluding diaryl/α,β-unsaturated/α-hetero) is 2. The van der Waals surface area contributed by atoms with Crippen LogP contribution in [0.2, 0.25) is 0 Å². The highest BCUT2D eigenvalue weighted by atomic mass is 16.5. The van der Waals surface area contributed by atoms with E-state index in [0.29, 0.717) is 25.7 Å². The van der Waals surface area contributed by atoms with E-state index in [1.165, 1.54) is 0 Å². The molecule has 4 nitrogen and oxygen atoms in total. The third kappa shape index (κ3) is 6.31. The number of hydrogen-bond donors (Lipinski definition) is 0. The quantitative estimate of drug-likeness (QED) is 0.504. The van der Waals surface area contributed by atoms with Crippen LogP contribution in [-0.2, 0) is 35.3 Å². The smallest absolute Gasteiger partial charge is 0.141 e. The molecule has 3 rings (SSSR count). The Bertz CT molecular complexity index is 944. The lowest BCUT2D eigenvalue weighted by Crippen LogP contribution is -2.09. The molecule has 0 N–H and O–H groups in total. The zero-order valence-electron chi connectivity index (χ0n) is 17.4. The summed E-state index contributed by atoms with van der Waals surface area (Å²) < 4.78 is 10.4. The average molecular weight is 402 g/mol. The molecular formula is C26H26O4. The van der Waals surface area contributed by atoms with Gasteiger partial charge in [-0.05, 0) is 46.5 Å². The standard InChI is InChI=1S/C26H26O4/c1-29-25-10-4-8-21(17-25)15-23(27)13-19-6-3-7-20(12-19)14-24(28)16-22-9-5-11-26(18-22)30-2/h3-12,17-18H,13-16H2,1-2H3. The fourth-order valence-electron chi connectivity index (χ4n) is 3.45. The lowest BCUT2D eigenvalue weighted by atomic mass is 9.98. The van der Waals surface area contributed by atoms with Gasteiger partial charge < -0.3 is 9.47 Å². The lowest BCUT2D eigenvalue weighted by molar-refractivity contribution is -0.118. The van der Waals surface area contributed by atoms with E-state index in [4.69, 9.17) is 9.47 Å². The summed E-state index contributed by atoms with van der Waals surface area (Å²) in [6.45, 7) is 0. The van der Waals surface area contributed by atoms with E-state index in [1.807, 2.05) is 72.8 Å². The van der Waals surface area contributed by atoms with Crippen LogP contribution in [-0.4, -0.2) is 25.8 Å². The molecule has 0 spiro atoms. The molecule has 0 heterocycles. The van der Waals surface area contributed by atoms with Crippen molar-refractivity contribution in [2.75, 3.05) is 14.2 Å². The van der Waals surface area contributed by atoms with Crippen molar-refractivity contribution in [1.82, 2.24) is 0 Å². The maximum atomic E-state index is 12.5. The van der Waals surface area contributed by atoms with Crippen LogP contribution >= 0.6 is 0 Å². The summed E-state index contributed by atoms with van der Waals surface area (Å²) in [7, 11) is 3.23. The Morgan fingerprint density at radius 3 is 1.27 bits per heavy atom. The van der Waals surface area contributed by atoms with Crippen LogP contribution in [0.15, 0.2) is 72.8 Å². The molecule has 30 heavy (non-hydrogen) atoms. The molecule has 3 aromatic rings. The molecule has 0 fully saturated rings. The fourth-order valence-corrected chi connectivity index (χ4v) is 3.45. The summed E-state index contributed by atoms with van der Waals surface area (Å²) in [5.74, 6) is 1.75. The first kappa shape index (κ1) is 21.3. The van der Waals surface area contributed by atoms with E-state index in [2.05, 4.69) is 0 Å². The van der Waals surface area contributed by atoms with Gasteiger partial charge in [-0.15, -0.1) is 0 Å². The van der Waals surface area contributed by atoms with Crippen LogP contribution in [0.3, 0.4) is 0 Å². The fraction of sp³-hybridized carbons (Fsp3) is 0.231. The summed E-state index contributed by atoms with van der Waals surface area (Å²) in [5.41, 5.74) is 3.72. The van der Waals surface area contributed by atoms with Gasteiger partial charge in [-0.1, -0.05) is 48.5 Å². The molecule has 0 aliphatic heterocycles. The second-order valence-corrected chi connectivity index (χ2v) is 7.31. The van der Waals surface area contributed by atoms with Crippen molar-refractivity contribution < 1.29 is 19.1 Å². The van der Waals surface area contributed by atoms with Crippen molar-refractivity contribution in [3.8, 4) is 11.5 Å². The van der Waals surface area contributed by atoms with E-state index in [1.54, 1.807) is 14.2 Å². The zero-order valence-corrected chi connectivity index (χ0v) is 17.4. The molecule has 154 valence electrons. The van der Waals surface area contributed by atoms with Crippen molar-refractivity contribution in [2.24, 2.45) is 0 Å². The second kappa shape index (κ2) is 10.4. The molecule has 0 saturated heterocycles. The molecule has 0 amide bonds. The topological polar surface area (TPSA) is 52.6 Å². The molecule has 0 aromatic heterocycles. The number of methoxy groups -OCH3 is 2. The Morgan fingerprint density at radius 1 is 0.567 bits per heavy atom. The van der Waals surface area contributed by atoms with Gasteiger partial charge in [0.15, 0.2) is 0 Å². The Balaban J connectivity index is 1.58. The molecule has 0 radical (unpaired) electrons. The van der Waals surface area contributed by atoms with Crippen molar-refractivity contribution >= 4 is 11.6 Å². The third-order valence-electron chi connectivity index (χ3n) is 4.86. The van der Waals surface area contributed by atoms with Crippen LogP contribution in [0.4, 0.5) is 0 Å². The van der Waals surface area contributed by atoms with Crippen LogP contribution in [0.25, 0.3) is 0 Å². The minimum Gasteiger partial charge on any atom is -0.497 e. The zero-order chi connectivity index (χ0) is 21.3. The Labute approximate surface area is 177 Å². The molecule has 3 aromatic carbocycles. The van der Waals surface area contributed by atoms with Crippen molar-refractivity contribution in [3.05, 3.63) is 95.1 Å². The van der Waals surface area contributed by atoms with E-state index in [0.717, 1.165) is 33.8 Å². The maximum Gasteiger partial charge on any atom is 0.141 e. The molecule has 0 atom stereocenters. The van der Waals surface area contributed by atoms with Gasteiger partial charge in [-0.25, -0.2) is 0 Å². The van der Waals surface area contributed by atoms with Gasteiger partial charge in [0.25, 0.3) is 0 Å². The van der Waals surface area contributed by atoms with Crippen molar-refractivity contribution in [3.63, 3.8) is 0 Å². The average Bonchev–Trinajstić information content (AvgIpc) is 2.74. The van der Waals surface area contributed by atoms with Gasteiger partial charge in [-0.3, -0.25) is 9.59 Å². The number of rotatable bonds is 10. The Morgan fingerprint density at radius 2 is 0.900 bits per heavy atom. The van der Waals surface area contributed by atoms with E-state index < -0.39 is 0 Å². The minimum atomic E-state index is 0.128. The summed E-state index contributed by atoms with van der Waals surface area (Å²) in [6.07, 6.45) is 1.40. The van der Waals surface area contributed by atoms with Gasteiger partial charge in [0, 0.05) is 25.7 Å². The Kier molecular flexibility index (Phi) is 7.39. The summed E-state index contributed by atoms with van der Waals surface area (Å²) >= 11 is 0. The second-order valence-electron chi connectivity index (χ2n) is 7.31. The normalized spacial score (nSPS) is 10.5. The monoisotopic (exact) mass is 402 g/mol. The van der Waals surface area contributed by atoms with E-state index >= 15 is 0 Å². The van der Waals surface area contributed by atoms with Crippen LogP contribution < -0.4 is 9.47 Å². The van der Waals surface area contributed by atoms with Crippen molar-refractivity contribution in [1.29, 1.82) is 0 Å². The number of ketones is 2. The highest BCUT2D eigenvalue weighted by Crippen LogP contribution is 2.16. The number of hydrogen-bond acceptors (Lipinski definition) is 4.